The summed E-state index contributed by atoms with van der Waals surface area (Å²) in [6.45, 7) is 3.11. The molecule has 0 radical (unpaired) electrons. The lowest BCUT2D eigenvalue weighted by atomic mass is 9.69. The average Bonchev–Trinajstić information content (AvgIpc) is 2.87. The van der Waals surface area contributed by atoms with Gasteiger partial charge in [-0.2, -0.15) is 0 Å². The molecule has 3 aliphatic carbocycles. The Labute approximate surface area is 208 Å². The van der Waals surface area contributed by atoms with Crippen LogP contribution in [0.4, 0.5) is 13.2 Å². The van der Waals surface area contributed by atoms with E-state index in [1.807, 2.05) is 0 Å². The van der Waals surface area contributed by atoms with Gasteiger partial charge < -0.3 is 9.47 Å². The van der Waals surface area contributed by atoms with E-state index >= 15 is 0 Å². The van der Waals surface area contributed by atoms with Crippen molar-refractivity contribution in [3.8, 4) is 5.75 Å². The van der Waals surface area contributed by atoms with Crippen LogP contribution in [0.1, 0.15) is 96.8 Å². The fraction of sp³-hybridized carbons (Fsp3) is 0.759. The van der Waals surface area contributed by atoms with E-state index < -0.39 is 23.4 Å². The third kappa shape index (κ3) is 7.24. The third-order valence-electron chi connectivity index (χ3n) is 8.90. The van der Waals surface area contributed by atoms with Gasteiger partial charge in [0.05, 0.1) is 12.0 Å². The van der Waals surface area contributed by atoms with E-state index in [0.29, 0.717) is 30.9 Å². The van der Waals surface area contributed by atoms with Crippen LogP contribution in [-0.4, -0.2) is 18.7 Å². The van der Waals surface area contributed by atoms with E-state index in [9.17, 15) is 18.0 Å². The average molecular weight is 495 g/mol. The van der Waals surface area contributed by atoms with Gasteiger partial charge >= 0.3 is 5.97 Å². The van der Waals surface area contributed by atoms with Gasteiger partial charge in [-0.15, -0.1) is 0 Å². The molecule has 35 heavy (non-hydrogen) atoms. The predicted molar refractivity (Wildman–Crippen MR) is 129 cm³/mol. The molecule has 0 heterocycles. The van der Waals surface area contributed by atoms with Gasteiger partial charge in [0.15, 0.2) is 17.5 Å². The lowest BCUT2D eigenvalue weighted by molar-refractivity contribution is -0.141. The Morgan fingerprint density at radius 2 is 1.34 bits per heavy atom. The zero-order valence-electron chi connectivity index (χ0n) is 21.1. The Kier molecular flexibility index (Phi) is 9.54. The first-order chi connectivity index (χ1) is 16.9. The number of hydrogen-bond donors (Lipinski definition) is 0. The van der Waals surface area contributed by atoms with Crippen LogP contribution in [0.25, 0.3) is 0 Å². The van der Waals surface area contributed by atoms with Crippen molar-refractivity contribution in [1.82, 2.24) is 0 Å². The molecule has 4 rings (SSSR count). The van der Waals surface area contributed by atoms with Gasteiger partial charge in [0.2, 0.25) is 0 Å². The van der Waals surface area contributed by atoms with E-state index in [1.165, 1.54) is 64.2 Å². The van der Waals surface area contributed by atoms with Gasteiger partial charge in [-0.05, 0) is 87.9 Å². The number of rotatable bonds is 8. The normalized spacial score (nSPS) is 31.8. The largest absolute Gasteiger partial charge is 0.426 e. The molecule has 0 spiro atoms. The highest BCUT2D eigenvalue weighted by atomic mass is 19.2. The van der Waals surface area contributed by atoms with E-state index in [0.717, 1.165) is 37.2 Å². The molecule has 6 heteroatoms. The maximum absolute atomic E-state index is 13.4. The molecule has 0 N–H and O–H groups in total. The number of halogens is 3. The number of ether oxygens (including phenoxy) is 2. The fourth-order valence-corrected chi connectivity index (χ4v) is 6.71. The van der Waals surface area contributed by atoms with Crippen molar-refractivity contribution < 1.29 is 27.4 Å². The first kappa shape index (κ1) is 26.5. The minimum absolute atomic E-state index is 0.159. The summed E-state index contributed by atoms with van der Waals surface area (Å²) in [6.07, 6.45) is 16.7. The van der Waals surface area contributed by atoms with Crippen LogP contribution in [0.3, 0.4) is 0 Å². The van der Waals surface area contributed by atoms with Gasteiger partial charge in [-0.1, -0.05) is 32.6 Å². The molecule has 0 aliphatic heterocycles. The Morgan fingerprint density at radius 3 is 1.89 bits per heavy atom. The molecule has 3 nitrogen and oxygen atoms in total. The highest BCUT2D eigenvalue weighted by Crippen LogP contribution is 2.42. The van der Waals surface area contributed by atoms with Gasteiger partial charge in [0.25, 0.3) is 0 Å². The molecule has 0 bridgehead atoms. The SMILES string of the molecule is CCC[C@H]1CC[C@H]([C@H]2CC[C@H](CO[C@H]3CC[C@H](C(=O)Oc4cc(F)c(F)c(F)c4)CC3)CC2)CC1. The number of hydrogen-bond acceptors (Lipinski definition) is 3. The maximum atomic E-state index is 13.4. The highest BCUT2D eigenvalue weighted by molar-refractivity contribution is 5.75. The number of esters is 1. The summed E-state index contributed by atoms with van der Waals surface area (Å²) in [5.41, 5.74) is 0. The Hall–Kier alpha value is -1.56. The van der Waals surface area contributed by atoms with Crippen LogP contribution >= 0.6 is 0 Å². The molecule has 0 aromatic heterocycles. The Morgan fingerprint density at radius 1 is 0.800 bits per heavy atom. The molecule has 3 aliphatic rings. The van der Waals surface area contributed by atoms with Crippen molar-refractivity contribution in [3.63, 3.8) is 0 Å². The highest BCUT2D eigenvalue weighted by Gasteiger charge is 2.32. The summed E-state index contributed by atoms with van der Waals surface area (Å²) in [5.74, 6) is -1.94. The summed E-state index contributed by atoms with van der Waals surface area (Å²) < 4.78 is 51.2. The van der Waals surface area contributed by atoms with Crippen LogP contribution in [0, 0.1) is 47.0 Å². The molecule has 0 unspecified atom stereocenters. The Bertz CT molecular complexity index is 797. The summed E-state index contributed by atoms with van der Waals surface area (Å²) in [6, 6.07) is 1.41. The van der Waals surface area contributed by atoms with Crippen LogP contribution in [0.5, 0.6) is 5.75 Å². The monoisotopic (exact) mass is 494 g/mol. The van der Waals surface area contributed by atoms with Crippen LogP contribution < -0.4 is 4.74 Å². The van der Waals surface area contributed by atoms with E-state index in [4.69, 9.17) is 9.47 Å². The van der Waals surface area contributed by atoms with Crippen LogP contribution in [-0.2, 0) is 9.53 Å². The van der Waals surface area contributed by atoms with Gasteiger partial charge in [0.1, 0.15) is 5.75 Å². The predicted octanol–water partition coefficient (Wildman–Crippen LogP) is 8.00. The quantitative estimate of drug-likeness (QED) is 0.209. The minimum Gasteiger partial charge on any atom is -0.426 e. The third-order valence-corrected chi connectivity index (χ3v) is 8.90. The van der Waals surface area contributed by atoms with E-state index in [2.05, 4.69) is 6.92 Å². The van der Waals surface area contributed by atoms with E-state index in [1.54, 1.807) is 0 Å². The second-order valence-electron chi connectivity index (χ2n) is 11.3. The molecule has 1 aromatic rings. The molecule has 196 valence electrons. The second-order valence-corrected chi connectivity index (χ2v) is 11.3. The standard InChI is InChI=1S/C29H41F3O3/c1-2-3-19-4-8-21(9-5-19)22-10-6-20(7-11-22)18-34-24-14-12-23(13-15-24)29(33)35-25-16-26(30)28(32)27(31)17-25/h16-17,19-24H,2-15,18H2,1H3/t19-,20-,21-,22-,23-,24-. The number of carbonyl (C=O) groups excluding carboxylic acids is 1. The fourth-order valence-electron chi connectivity index (χ4n) is 6.71. The van der Waals surface area contributed by atoms with E-state index in [-0.39, 0.29) is 17.8 Å². The molecule has 1 aromatic carbocycles. The lowest BCUT2D eigenvalue weighted by Gasteiger charge is -2.38. The molecule has 3 saturated carbocycles. The smallest absolute Gasteiger partial charge is 0.314 e. The summed E-state index contributed by atoms with van der Waals surface area (Å²) in [7, 11) is 0. The molecule has 0 saturated heterocycles. The van der Waals surface area contributed by atoms with Crippen LogP contribution in [0.15, 0.2) is 12.1 Å². The lowest BCUT2D eigenvalue weighted by Crippen LogP contribution is -2.31. The second kappa shape index (κ2) is 12.6. The zero-order chi connectivity index (χ0) is 24.8. The molecular formula is C29H41F3O3. The van der Waals surface area contributed by atoms with Gasteiger partial charge in [-0.25, -0.2) is 13.2 Å². The molecule has 3 fully saturated rings. The number of benzene rings is 1. The maximum Gasteiger partial charge on any atom is 0.314 e. The minimum atomic E-state index is -1.56. The van der Waals surface area contributed by atoms with Crippen molar-refractivity contribution in [1.29, 1.82) is 0 Å². The van der Waals surface area contributed by atoms with Crippen molar-refractivity contribution >= 4 is 5.97 Å². The van der Waals surface area contributed by atoms with Gasteiger partial charge in [-0.3, -0.25) is 4.79 Å². The summed E-state index contributed by atoms with van der Waals surface area (Å²) in [5, 5.41) is 0. The summed E-state index contributed by atoms with van der Waals surface area (Å²) in [4.78, 5) is 12.4. The van der Waals surface area contributed by atoms with Crippen molar-refractivity contribution in [2.24, 2.45) is 29.6 Å². The Balaban J connectivity index is 1.11. The zero-order valence-corrected chi connectivity index (χ0v) is 21.1. The first-order valence-electron chi connectivity index (χ1n) is 13.9. The molecule has 0 amide bonds. The van der Waals surface area contributed by atoms with Crippen molar-refractivity contribution in [3.05, 3.63) is 29.6 Å². The van der Waals surface area contributed by atoms with Crippen molar-refractivity contribution in [2.75, 3.05) is 6.61 Å². The topological polar surface area (TPSA) is 35.5 Å². The number of carbonyl (C=O) groups is 1. The van der Waals surface area contributed by atoms with Crippen LogP contribution in [0.2, 0.25) is 0 Å². The molecular weight excluding hydrogens is 453 g/mol. The van der Waals surface area contributed by atoms with Gasteiger partial charge in [0, 0.05) is 18.7 Å². The van der Waals surface area contributed by atoms with Crippen molar-refractivity contribution in [2.45, 2.75) is 103 Å². The summed E-state index contributed by atoms with van der Waals surface area (Å²) >= 11 is 0. The molecule has 0 atom stereocenters. The first-order valence-corrected chi connectivity index (χ1v) is 13.9.